The lowest BCUT2D eigenvalue weighted by molar-refractivity contribution is -0.117. The molecule has 0 saturated carbocycles. The first kappa shape index (κ1) is 18.7. The highest BCUT2D eigenvalue weighted by molar-refractivity contribution is 9.10. The number of hydrogen-bond acceptors (Lipinski definition) is 5. The van der Waals surface area contributed by atoms with Gasteiger partial charge in [-0.05, 0) is 46.8 Å². The molecule has 3 aromatic heterocycles. The minimum absolute atomic E-state index is 0.139. The van der Waals surface area contributed by atoms with Gasteiger partial charge in [-0.3, -0.25) is 14.0 Å². The maximum Gasteiger partial charge on any atom is 0.267 e. The number of rotatable bonds is 4. The molecule has 9 heteroatoms. The van der Waals surface area contributed by atoms with Gasteiger partial charge in [-0.25, -0.2) is 9.67 Å². The number of piperidine rings is 1. The number of anilines is 2. The van der Waals surface area contributed by atoms with Gasteiger partial charge in [0.05, 0.1) is 6.20 Å². The van der Waals surface area contributed by atoms with Crippen molar-refractivity contribution in [3.05, 3.63) is 51.6 Å². The lowest BCUT2D eigenvalue weighted by Gasteiger charge is -2.31. The van der Waals surface area contributed by atoms with Crippen molar-refractivity contribution < 1.29 is 4.79 Å². The molecule has 0 radical (unpaired) electrons. The van der Waals surface area contributed by atoms with Crippen LogP contribution < -0.4 is 15.8 Å². The van der Waals surface area contributed by atoms with E-state index < -0.39 is 0 Å². The Morgan fingerprint density at radius 3 is 2.86 bits per heavy atom. The lowest BCUT2D eigenvalue weighted by Crippen LogP contribution is -2.36. The number of aromatic nitrogens is 4. The van der Waals surface area contributed by atoms with Gasteiger partial charge in [0, 0.05) is 37.1 Å². The van der Waals surface area contributed by atoms with E-state index >= 15 is 0 Å². The van der Waals surface area contributed by atoms with Crippen molar-refractivity contribution in [3.63, 3.8) is 0 Å². The van der Waals surface area contributed by atoms with Crippen LogP contribution in [0.4, 0.5) is 11.5 Å². The van der Waals surface area contributed by atoms with E-state index in [-0.39, 0.29) is 18.0 Å². The molecule has 1 amide bonds. The fraction of sp³-hybridized carbons (Fsp3) is 0.368. The van der Waals surface area contributed by atoms with Gasteiger partial charge in [0.2, 0.25) is 5.91 Å². The topological polar surface area (TPSA) is 84.5 Å². The standard InChI is InChI=1S/C19H21BrN6O2/c1-13-4-7-24(8-5-13)16-2-3-19(28)26(23-16)12-18(27)22-14-6-9-25-15(20)11-21-17(25)10-14/h2-3,6,9-11,13H,4-5,7-8,12H2,1H3,(H,22,27). The van der Waals surface area contributed by atoms with E-state index in [0.717, 1.165) is 36.4 Å². The van der Waals surface area contributed by atoms with Gasteiger partial charge in [0.1, 0.15) is 22.6 Å². The van der Waals surface area contributed by atoms with Crippen LogP contribution in [0.1, 0.15) is 19.8 Å². The summed E-state index contributed by atoms with van der Waals surface area (Å²) in [5.74, 6) is 1.14. The minimum atomic E-state index is -0.311. The molecule has 0 aromatic carbocycles. The van der Waals surface area contributed by atoms with E-state index in [0.29, 0.717) is 17.3 Å². The van der Waals surface area contributed by atoms with E-state index in [9.17, 15) is 9.59 Å². The first-order valence-corrected chi connectivity index (χ1v) is 10.0. The van der Waals surface area contributed by atoms with E-state index in [1.54, 1.807) is 24.4 Å². The number of fused-ring (bicyclic) bond motifs is 1. The molecule has 146 valence electrons. The summed E-state index contributed by atoms with van der Waals surface area (Å²) in [6.07, 6.45) is 5.71. The lowest BCUT2D eigenvalue weighted by atomic mass is 9.99. The maximum atomic E-state index is 12.4. The average Bonchev–Trinajstić information content (AvgIpc) is 3.04. The third-order valence-corrected chi connectivity index (χ3v) is 5.59. The quantitative estimate of drug-likeness (QED) is 0.668. The van der Waals surface area contributed by atoms with Crippen LogP contribution in [-0.4, -0.2) is 38.2 Å². The molecule has 1 aliphatic rings. The van der Waals surface area contributed by atoms with Gasteiger partial charge < -0.3 is 10.2 Å². The van der Waals surface area contributed by atoms with Crippen LogP contribution in [-0.2, 0) is 11.3 Å². The summed E-state index contributed by atoms with van der Waals surface area (Å²) in [5, 5.41) is 7.21. The van der Waals surface area contributed by atoms with Gasteiger partial charge in [-0.15, -0.1) is 0 Å². The first-order chi connectivity index (χ1) is 13.5. The Labute approximate surface area is 170 Å². The Morgan fingerprint density at radius 1 is 1.29 bits per heavy atom. The fourth-order valence-electron chi connectivity index (χ4n) is 3.32. The van der Waals surface area contributed by atoms with Crippen LogP contribution in [0.2, 0.25) is 0 Å². The van der Waals surface area contributed by atoms with Crippen LogP contribution in [0, 0.1) is 5.92 Å². The zero-order valence-corrected chi connectivity index (χ0v) is 17.1. The molecule has 8 nitrogen and oxygen atoms in total. The molecule has 4 heterocycles. The third-order valence-electron chi connectivity index (χ3n) is 5.01. The summed E-state index contributed by atoms with van der Waals surface area (Å²) >= 11 is 3.40. The molecule has 0 bridgehead atoms. The van der Waals surface area contributed by atoms with Gasteiger partial charge in [0.15, 0.2) is 0 Å². The summed E-state index contributed by atoms with van der Waals surface area (Å²) < 4.78 is 3.90. The van der Waals surface area contributed by atoms with Crippen LogP contribution in [0.5, 0.6) is 0 Å². The van der Waals surface area contributed by atoms with Gasteiger partial charge >= 0.3 is 0 Å². The number of hydrogen-bond donors (Lipinski definition) is 1. The van der Waals surface area contributed by atoms with Gasteiger partial charge in [0.25, 0.3) is 5.56 Å². The Bertz CT molecular complexity index is 1070. The second-order valence-corrected chi connectivity index (χ2v) is 7.94. The molecule has 0 unspecified atom stereocenters. The van der Waals surface area contributed by atoms with Crippen molar-refractivity contribution in [2.75, 3.05) is 23.3 Å². The number of imidazole rings is 1. The fourth-order valence-corrected chi connectivity index (χ4v) is 3.72. The van der Waals surface area contributed by atoms with E-state index in [1.807, 2.05) is 10.6 Å². The van der Waals surface area contributed by atoms with Crippen molar-refractivity contribution in [3.8, 4) is 0 Å². The number of amides is 1. The summed E-state index contributed by atoms with van der Waals surface area (Å²) in [6, 6.07) is 6.75. The van der Waals surface area contributed by atoms with Crippen molar-refractivity contribution in [1.82, 2.24) is 19.2 Å². The number of pyridine rings is 1. The molecule has 4 rings (SSSR count). The molecule has 1 aliphatic heterocycles. The van der Waals surface area contributed by atoms with Crippen molar-refractivity contribution >= 4 is 39.0 Å². The second-order valence-electron chi connectivity index (χ2n) is 7.13. The highest BCUT2D eigenvalue weighted by atomic mass is 79.9. The van der Waals surface area contributed by atoms with Crippen LogP contribution >= 0.6 is 15.9 Å². The smallest absolute Gasteiger partial charge is 0.267 e. The Hall–Kier alpha value is -2.68. The molecular formula is C19H21BrN6O2. The first-order valence-electron chi connectivity index (χ1n) is 9.25. The molecule has 1 N–H and O–H groups in total. The second kappa shape index (κ2) is 7.75. The Morgan fingerprint density at radius 2 is 2.07 bits per heavy atom. The zero-order chi connectivity index (χ0) is 19.7. The summed E-state index contributed by atoms with van der Waals surface area (Å²) in [6.45, 7) is 3.94. The summed E-state index contributed by atoms with van der Waals surface area (Å²) in [5.41, 5.74) is 1.03. The number of carbonyl (C=O) groups excluding carboxylic acids is 1. The third kappa shape index (κ3) is 3.94. The van der Waals surface area contributed by atoms with Gasteiger partial charge in [-0.1, -0.05) is 6.92 Å². The highest BCUT2D eigenvalue weighted by Gasteiger charge is 2.18. The van der Waals surface area contributed by atoms with Gasteiger partial charge in [-0.2, -0.15) is 5.10 Å². The summed E-state index contributed by atoms with van der Waals surface area (Å²) in [7, 11) is 0. The normalized spacial score (nSPS) is 15.1. The molecule has 28 heavy (non-hydrogen) atoms. The minimum Gasteiger partial charge on any atom is -0.355 e. The van der Waals surface area contributed by atoms with E-state index in [1.165, 1.54) is 10.7 Å². The van der Waals surface area contributed by atoms with Crippen LogP contribution in [0.15, 0.2) is 46.1 Å². The number of nitrogens with one attached hydrogen (secondary N) is 1. The maximum absolute atomic E-state index is 12.4. The highest BCUT2D eigenvalue weighted by Crippen LogP contribution is 2.20. The molecule has 1 fully saturated rings. The average molecular weight is 445 g/mol. The molecule has 1 saturated heterocycles. The Kier molecular flexibility index (Phi) is 5.17. The molecule has 3 aromatic rings. The van der Waals surface area contributed by atoms with Crippen LogP contribution in [0.25, 0.3) is 5.65 Å². The zero-order valence-electron chi connectivity index (χ0n) is 15.5. The molecule has 0 atom stereocenters. The molecule has 0 spiro atoms. The van der Waals surface area contributed by atoms with E-state index in [2.05, 4.69) is 43.2 Å². The van der Waals surface area contributed by atoms with Crippen LogP contribution in [0.3, 0.4) is 0 Å². The number of halogens is 1. The monoisotopic (exact) mass is 444 g/mol. The number of carbonyl (C=O) groups is 1. The van der Waals surface area contributed by atoms with Crippen molar-refractivity contribution in [2.24, 2.45) is 5.92 Å². The van der Waals surface area contributed by atoms with E-state index in [4.69, 9.17) is 0 Å². The Balaban J connectivity index is 1.47. The summed E-state index contributed by atoms with van der Waals surface area (Å²) in [4.78, 5) is 31.0. The molecular weight excluding hydrogens is 424 g/mol. The largest absolute Gasteiger partial charge is 0.355 e. The van der Waals surface area contributed by atoms with Crippen molar-refractivity contribution in [1.29, 1.82) is 0 Å². The van der Waals surface area contributed by atoms with Crippen molar-refractivity contribution in [2.45, 2.75) is 26.3 Å². The SMILES string of the molecule is CC1CCN(c2ccc(=O)n(CC(=O)Nc3ccn4c(Br)cnc4c3)n2)CC1. The predicted octanol–water partition coefficient (Wildman–Crippen LogP) is 2.53. The number of nitrogens with zero attached hydrogens (tertiary/aromatic N) is 5. The predicted molar refractivity (Wildman–Crippen MR) is 111 cm³/mol. The molecule has 0 aliphatic carbocycles.